The lowest BCUT2D eigenvalue weighted by molar-refractivity contribution is -0.315. The fourth-order valence-electron chi connectivity index (χ4n) is 6.22. The molecular formula is C41H49NO13. The number of esters is 4. The van der Waals surface area contributed by atoms with Crippen molar-refractivity contribution in [2.75, 3.05) is 34.0 Å². The largest absolute Gasteiger partial charge is 0.496 e. The minimum Gasteiger partial charge on any atom is -0.496 e. The highest BCUT2D eigenvalue weighted by atomic mass is 16.7. The predicted octanol–water partition coefficient (Wildman–Crippen LogP) is 5.11. The third kappa shape index (κ3) is 12.8. The maximum atomic E-state index is 13.3. The van der Waals surface area contributed by atoms with Crippen LogP contribution in [0.3, 0.4) is 0 Å². The van der Waals surface area contributed by atoms with Crippen LogP contribution in [0, 0.1) is 0 Å². The van der Waals surface area contributed by atoms with Crippen LogP contribution in [0.4, 0.5) is 4.79 Å². The van der Waals surface area contributed by atoms with Crippen molar-refractivity contribution in [3.05, 3.63) is 101 Å². The van der Waals surface area contributed by atoms with Gasteiger partial charge in [-0.05, 0) is 41.2 Å². The van der Waals surface area contributed by atoms with Crippen LogP contribution in [0.15, 0.2) is 78.9 Å². The normalized spacial score (nSPS) is 19.0. The van der Waals surface area contributed by atoms with Crippen molar-refractivity contribution in [2.24, 2.45) is 0 Å². The molecule has 1 fully saturated rings. The van der Waals surface area contributed by atoms with E-state index in [1.807, 2.05) is 78.9 Å². The van der Waals surface area contributed by atoms with E-state index < -0.39 is 54.1 Å². The fraction of sp³-hybridized carbons (Fsp3) is 0.439. The molecular weight excluding hydrogens is 714 g/mol. The number of nitrogens with zero attached hydrogens (tertiary/aromatic N) is 1. The summed E-state index contributed by atoms with van der Waals surface area (Å²) in [5, 5.41) is 0. The fourth-order valence-corrected chi connectivity index (χ4v) is 6.22. The van der Waals surface area contributed by atoms with E-state index in [4.69, 9.17) is 37.9 Å². The number of ether oxygens (including phenoxy) is 8. The van der Waals surface area contributed by atoms with Crippen molar-refractivity contribution in [1.29, 1.82) is 0 Å². The van der Waals surface area contributed by atoms with E-state index in [1.54, 1.807) is 12.0 Å². The quantitative estimate of drug-likeness (QED) is 0.124. The molecule has 14 nitrogen and oxygen atoms in total. The molecule has 1 saturated heterocycles. The summed E-state index contributed by atoms with van der Waals surface area (Å²) in [6.45, 7) is 4.31. The molecule has 1 amide bonds. The van der Waals surface area contributed by atoms with Crippen molar-refractivity contribution in [3.63, 3.8) is 0 Å². The van der Waals surface area contributed by atoms with Gasteiger partial charge in [0.1, 0.15) is 24.6 Å². The van der Waals surface area contributed by atoms with Gasteiger partial charge in [0.05, 0.1) is 33.9 Å². The van der Waals surface area contributed by atoms with Crippen molar-refractivity contribution in [1.82, 2.24) is 4.90 Å². The lowest BCUT2D eigenvalue weighted by atomic mass is 9.93. The van der Waals surface area contributed by atoms with Gasteiger partial charge in [-0.15, -0.1) is 0 Å². The average Bonchev–Trinajstić information content (AvgIpc) is 3.17. The first-order valence-electron chi connectivity index (χ1n) is 18.0. The molecule has 3 aromatic rings. The molecule has 1 unspecified atom stereocenters. The number of hydrogen-bond donors (Lipinski definition) is 0. The van der Waals surface area contributed by atoms with Crippen LogP contribution in [0.25, 0.3) is 0 Å². The molecule has 0 spiro atoms. The Bertz CT molecular complexity index is 1730. The van der Waals surface area contributed by atoms with Crippen molar-refractivity contribution < 1.29 is 61.9 Å². The van der Waals surface area contributed by atoms with Crippen molar-refractivity contribution >= 4 is 30.0 Å². The van der Waals surface area contributed by atoms with Gasteiger partial charge in [-0.3, -0.25) is 14.4 Å². The molecule has 1 aliphatic rings. The maximum absolute atomic E-state index is 13.3. The van der Waals surface area contributed by atoms with Gasteiger partial charge < -0.3 is 42.8 Å². The summed E-state index contributed by atoms with van der Waals surface area (Å²) in [4.78, 5) is 63.9. The summed E-state index contributed by atoms with van der Waals surface area (Å²) in [6.07, 6.45) is -3.36. The Morgan fingerprint density at radius 1 is 0.764 bits per heavy atom. The number of methoxy groups -OCH3 is 2. The smallest absolute Gasteiger partial charge is 0.410 e. The lowest BCUT2D eigenvalue weighted by Crippen LogP contribution is -2.61. The zero-order valence-corrected chi connectivity index (χ0v) is 31.9. The summed E-state index contributed by atoms with van der Waals surface area (Å²) in [7, 11) is 2.70. The van der Waals surface area contributed by atoms with Gasteiger partial charge >= 0.3 is 30.0 Å². The van der Waals surface area contributed by atoms with Crippen LogP contribution in [-0.2, 0) is 78.3 Å². The highest BCUT2D eigenvalue weighted by Gasteiger charge is 2.56. The van der Waals surface area contributed by atoms with Crippen LogP contribution < -0.4 is 4.74 Å². The molecule has 0 aliphatic carbocycles. The molecule has 0 aromatic heterocycles. The summed E-state index contributed by atoms with van der Waals surface area (Å²) in [6, 6.07) is 24.8. The number of benzene rings is 3. The van der Waals surface area contributed by atoms with Gasteiger partial charge in [0.25, 0.3) is 5.79 Å². The Kier molecular flexibility index (Phi) is 16.0. The second kappa shape index (κ2) is 20.8. The molecule has 0 radical (unpaired) electrons. The number of amides is 1. The predicted molar refractivity (Wildman–Crippen MR) is 196 cm³/mol. The minimum atomic E-state index is -2.06. The first-order chi connectivity index (χ1) is 26.4. The van der Waals surface area contributed by atoms with Gasteiger partial charge in [-0.25, -0.2) is 9.59 Å². The van der Waals surface area contributed by atoms with Gasteiger partial charge in [-0.1, -0.05) is 72.8 Å². The van der Waals surface area contributed by atoms with Crippen LogP contribution in [-0.4, -0.2) is 92.9 Å². The Balaban J connectivity index is 1.47. The topological polar surface area (TPSA) is 162 Å². The second-order valence-electron chi connectivity index (χ2n) is 12.9. The van der Waals surface area contributed by atoms with Gasteiger partial charge in [-0.2, -0.15) is 0 Å². The Morgan fingerprint density at radius 3 is 2.05 bits per heavy atom. The molecule has 0 bridgehead atoms. The highest BCUT2D eigenvalue weighted by molar-refractivity contribution is 5.78. The Hall–Kier alpha value is -5.47. The van der Waals surface area contributed by atoms with Gasteiger partial charge in [0.2, 0.25) is 0 Å². The molecule has 3 aromatic carbocycles. The lowest BCUT2D eigenvalue weighted by Gasteiger charge is -2.45. The Labute approximate surface area is 320 Å². The van der Waals surface area contributed by atoms with E-state index >= 15 is 0 Å². The molecule has 296 valence electrons. The van der Waals surface area contributed by atoms with E-state index in [0.717, 1.165) is 29.4 Å². The highest BCUT2D eigenvalue weighted by Crippen LogP contribution is 2.37. The summed E-state index contributed by atoms with van der Waals surface area (Å²) < 4.78 is 44.8. The summed E-state index contributed by atoms with van der Waals surface area (Å²) in [5.41, 5.74) is 3.53. The third-order valence-electron chi connectivity index (χ3n) is 8.78. The summed E-state index contributed by atoms with van der Waals surface area (Å²) >= 11 is 0. The minimum absolute atomic E-state index is 0.0137. The second-order valence-corrected chi connectivity index (χ2v) is 12.9. The van der Waals surface area contributed by atoms with E-state index in [9.17, 15) is 24.0 Å². The molecule has 0 N–H and O–H groups in total. The third-order valence-corrected chi connectivity index (χ3v) is 8.78. The van der Waals surface area contributed by atoms with E-state index in [-0.39, 0.29) is 39.1 Å². The average molecular weight is 764 g/mol. The molecule has 0 saturated carbocycles. The number of rotatable bonds is 18. The van der Waals surface area contributed by atoms with Gasteiger partial charge in [0, 0.05) is 40.3 Å². The first-order valence-corrected chi connectivity index (χ1v) is 18.0. The van der Waals surface area contributed by atoms with E-state index in [0.29, 0.717) is 25.3 Å². The zero-order chi connectivity index (χ0) is 39.8. The summed E-state index contributed by atoms with van der Waals surface area (Å²) in [5.74, 6) is -4.29. The Morgan fingerprint density at radius 2 is 1.44 bits per heavy atom. The van der Waals surface area contributed by atoms with Crippen LogP contribution in [0.1, 0.15) is 55.9 Å². The molecule has 1 heterocycles. The maximum Gasteiger partial charge on any atom is 0.410 e. The van der Waals surface area contributed by atoms with Crippen molar-refractivity contribution in [3.8, 4) is 5.75 Å². The molecule has 1 aliphatic heterocycles. The SMILES string of the molecule is COC(=O)[C@@]1(OCCc2ccc(CCN(Cc3ccccc3)C(=O)OCc3ccccc3)cc2OC)C[C@@H](OC(C)=O)[C@@H](OC(C)=O)C(CCOC(C)=O)O1. The molecule has 14 heteroatoms. The monoisotopic (exact) mass is 763 g/mol. The van der Waals surface area contributed by atoms with Crippen molar-refractivity contribution in [2.45, 2.75) is 83.7 Å². The van der Waals surface area contributed by atoms with Crippen LogP contribution in [0.5, 0.6) is 5.75 Å². The van der Waals surface area contributed by atoms with Crippen LogP contribution in [0.2, 0.25) is 0 Å². The molecule has 55 heavy (non-hydrogen) atoms. The van der Waals surface area contributed by atoms with E-state index in [2.05, 4.69) is 0 Å². The first kappa shape index (κ1) is 42.3. The number of hydrogen-bond acceptors (Lipinski definition) is 13. The number of carbonyl (C=O) groups is 5. The molecule has 4 atom stereocenters. The zero-order valence-electron chi connectivity index (χ0n) is 31.9. The standard InChI is InChI=1S/C41H49NO13/c1-28(43)50-22-20-35-38(54-30(3)45)37(53-29(2)44)25-41(55-35,39(46)49-5)52-23-19-34-17-16-31(24-36(34)48-4)18-21-42(26-32-12-8-6-9-13-32)40(47)51-27-33-14-10-7-11-15-33/h6-17,24,35,37-38H,18-23,25-27H2,1-5H3/t35?,37-,38+,41-/m1/s1. The number of carbonyl (C=O) groups excluding carboxylic acids is 5. The van der Waals surface area contributed by atoms with Crippen LogP contribution >= 0.6 is 0 Å². The van der Waals surface area contributed by atoms with E-state index in [1.165, 1.54) is 20.8 Å². The molecule has 4 rings (SSSR count). The van der Waals surface area contributed by atoms with Gasteiger partial charge in [0.15, 0.2) is 6.10 Å².